The number of aromatic nitrogens is 2. The van der Waals surface area contributed by atoms with Crippen LogP contribution in [0.1, 0.15) is 34.3 Å². The van der Waals surface area contributed by atoms with Crippen LogP contribution in [0.25, 0.3) is 15.9 Å². The number of amides is 1. The molecular weight excluding hydrogens is 406 g/mol. The van der Waals surface area contributed by atoms with Gasteiger partial charge in [-0.2, -0.15) is 0 Å². The Morgan fingerprint density at radius 1 is 1.00 bits per heavy atom. The van der Waals surface area contributed by atoms with Crippen LogP contribution >= 0.6 is 11.3 Å². The number of nitrogens with zero attached hydrogens (tertiary/aromatic N) is 3. The van der Waals surface area contributed by atoms with Gasteiger partial charge in [0.05, 0.1) is 10.2 Å². The first kappa shape index (κ1) is 19.8. The molecule has 2 aromatic heterocycles. The Morgan fingerprint density at radius 2 is 1.68 bits per heavy atom. The highest BCUT2D eigenvalue weighted by molar-refractivity contribution is 7.20. The van der Waals surface area contributed by atoms with Crippen LogP contribution in [0.3, 0.4) is 0 Å². The summed E-state index contributed by atoms with van der Waals surface area (Å²) in [7, 11) is 0. The van der Waals surface area contributed by atoms with E-state index < -0.39 is 0 Å². The van der Waals surface area contributed by atoms with Gasteiger partial charge in [-0.15, -0.1) is 0 Å². The van der Waals surface area contributed by atoms with Crippen LogP contribution in [0.2, 0.25) is 0 Å². The van der Waals surface area contributed by atoms with Crippen LogP contribution in [-0.2, 0) is 0 Å². The normalized spacial score (nSPS) is 14.8. The summed E-state index contributed by atoms with van der Waals surface area (Å²) in [6.07, 6.45) is 5.73. The summed E-state index contributed by atoms with van der Waals surface area (Å²) in [4.78, 5) is 19.6. The minimum absolute atomic E-state index is 0.0868. The molecule has 158 valence electrons. The van der Waals surface area contributed by atoms with Gasteiger partial charge in [0, 0.05) is 49.6 Å². The van der Waals surface area contributed by atoms with Crippen molar-refractivity contribution in [3.05, 3.63) is 77.6 Å². The zero-order chi connectivity index (χ0) is 21.4. The van der Waals surface area contributed by atoms with E-state index in [-0.39, 0.29) is 12.0 Å². The third-order valence-electron chi connectivity index (χ3n) is 5.94. The number of carbonyl (C=O) groups excluding carboxylic acids is 1. The van der Waals surface area contributed by atoms with E-state index in [1.807, 2.05) is 58.3 Å². The summed E-state index contributed by atoms with van der Waals surface area (Å²) in [5, 5.41) is 0.734. The molecule has 2 aromatic carbocycles. The first-order valence-corrected chi connectivity index (χ1v) is 11.5. The van der Waals surface area contributed by atoms with E-state index in [4.69, 9.17) is 9.72 Å². The van der Waals surface area contributed by atoms with Gasteiger partial charge < -0.3 is 14.2 Å². The molecule has 0 spiro atoms. The topological polar surface area (TPSA) is 47.4 Å². The van der Waals surface area contributed by atoms with E-state index in [0.717, 1.165) is 34.8 Å². The molecule has 31 heavy (non-hydrogen) atoms. The molecule has 1 aliphatic rings. The maximum atomic E-state index is 12.9. The Hall–Kier alpha value is -3.12. The van der Waals surface area contributed by atoms with Crippen LogP contribution in [0.4, 0.5) is 0 Å². The summed E-state index contributed by atoms with van der Waals surface area (Å²) in [5.41, 5.74) is 5.23. The Morgan fingerprint density at radius 3 is 2.35 bits per heavy atom. The molecule has 4 aromatic rings. The largest absolute Gasteiger partial charge is 0.467 e. The first-order valence-electron chi connectivity index (χ1n) is 10.6. The second-order valence-corrected chi connectivity index (χ2v) is 9.07. The molecule has 3 heterocycles. The van der Waals surface area contributed by atoms with Gasteiger partial charge in [-0.05, 0) is 61.4 Å². The van der Waals surface area contributed by atoms with Crippen molar-refractivity contribution in [3.8, 4) is 10.9 Å². The van der Waals surface area contributed by atoms with Crippen molar-refractivity contribution < 1.29 is 9.53 Å². The Kier molecular flexibility index (Phi) is 5.24. The number of piperidine rings is 1. The third-order valence-corrected chi connectivity index (χ3v) is 7.02. The molecule has 0 N–H and O–H groups in total. The number of aryl methyl sites for hydroxylation is 2. The number of ether oxygens (including phenoxy) is 1. The van der Waals surface area contributed by atoms with Crippen molar-refractivity contribution in [2.75, 3.05) is 13.1 Å². The summed E-state index contributed by atoms with van der Waals surface area (Å²) in [5.74, 6) is 0.0868. The number of thiazole rings is 1. The fraction of sp³-hybridized carbons (Fsp3) is 0.280. The van der Waals surface area contributed by atoms with Crippen LogP contribution < -0.4 is 4.74 Å². The average Bonchev–Trinajstić information content (AvgIpc) is 3.48. The van der Waals surface area contributed by atoms with Crippen LogP contribution in [0.5, 0.6) is 5.19 Å². The number of carbonyl (C=O) groups is 1. The van der Waals surface area contributed by atoms with Gasteiger partial charge in [0.2, 0.25) is 0 Å². The predicted molar refractivity (Wildman–Crippen MR) is 124 cm³/mol. The number of fused-ring (bicyclic) bond motifs is 1. The molecule has 0 unspecified atom stereocenters. The van der Waals surface area contributed by atoms with E-state index in [1.54, 1.807) is 11.3 Å². The van der Waals surface area contributed by atoms with E-state index in [0.29, 0.717) is 13.1 Å². The van der Waals surface area contributed by atoms with Gasteiger partial charge in [0.15, 0.2) is 0 Å². The van der Waals surface area contributed by atoms with Gasteiger partial charge in [0.1, 0.15) is 6.10 Å². The minimum atomic E-state index is 0.0868. The number of hydrogen-bond acceptors (Lipinski definition) is 4. The summed E-state index contributed by atoms with van der Waals surface area (Å²) >= 11 is 1.62. The fourth-order valence-corrected chi connectivity index (χ4v) is 5.10. The third kappa shape index (κ3) is 3.95. The molecule has 1 aliphatic heterocycles. The van der Waals surface area contributed by atoms with Crippen molar-refractivity contribution in [1.29, 1.82) is 0 Å². The maximum absolute atomic E-state index is 12.9. The summed E-state index contributed by atoms with van der Waals surface area (Å²) in [6, 6.07) is 16.0. The molecule has 5 rings (SSSR count). The lowest BCUT2D eigenvalue weighted by atomic mass is 10.1. The summed E-state index contributed by atoms with van der Waals surface area (Å²) in [6.45, 7) is 5.59. The molecule has 1 amide bonds. The van der Waals surface area contributed by atoms with Crippen molar-refractivity contribution in [2.24, 2.45) is 0 Å². The van der Waals surface area contributed by atoms with E-state index in [2.05, 4.69) is 26.0 Å². The lowest BCUT2D eigenvalue weighted by Crippen LogP contribution is -2.41. The summed E-state index contributed by atoms with van der Waals surface area (Å²) < 4.78 is 9.44. The van der Waals surface area contributed by atoms with Crippen molar-refractivity contribution in [2.45, 2.75) is 32.8 Å². The Balaban J connectivity index is 1.21. The molecule has 1 fully saturated rings. The number of benzene rings is 2. The number of likely N-dealkylation sites (tertiary alicyclic amines) is 1. The molecular formula is C25H25N3O2S. The first-order chi connectivity index (χ1) is 15.1. The lowest BCUT2D eigenvalue weighted by Gasteiger charge is -2.31. The zero-order valence-electron chi connectivity index (χ0n) is 17.7. The smallest absolute Gasteiger partial charge is 0.274 e. The maximum Gasteiger partial charge on any atom is 0.274 e. The van der Waals surface area contributed by atoms with Gasteiger partial charge >= 0.3 is 0 Å². The highest BCUT2D eigenvalue weighted by atomic mass is 32.1. The van der Waals surface area contributed by atoms with Crippen LogP contribution in [0.15, 0.2) is 60.9 Å². The van der Waals surface area contributed by atoms with Gasteiger partial charge in [-0.3, -0.25) is 4.79 Å². The van der Waals surface area contributed by atoms with Gasteiger partial charge in [-0.25, -0.2) is 4.98 Å². The minimum Gasteiger partial charge on any atom is -0.467 e. The van der Waals surface area contributed by atoms with E-state index in [1.165, 1.54) is 15.8 Å². The van der Waals surface area contributed by atoms with E-state index in [9.17, 15) is 4.79 Å². The van der Waals surface area contributed by atoms with Gasteiger partial charge in [0.25, 0.3) is 11.1 Å². The SMILES string of the molecule is Cc1ccc(C)c2sc(OC3CCN(C(=O)c4ccc(-n5cccc5)cc4)CC3)nc12. The highest BCUT2D eigenvalue weighted by Crippen LogP contribution is 2.33. The fourth-order valence-electron chi connectivity index (χ4n) is 4.07. The average molecular weight is 432 g/mol. The van der Waals surface area contributed by atoms with Crippen molar-refractivity contribution in [1.82, 2.24) is 14.5 Å². The highest BCUT2D eigenvalue weighted by Gasteiger charge is 2.25. The monoisotopic (exact) mass is 431 g/mol. The van der Waals surface area contributed by atoms with Crippen molar-refractivity contribution in [3.63, 3.8) is 0 Å². The van der Waals surface area contributed by atoms with Crippen molar-refractivity contribution >= 4 is 27.5 Å². The second kappa shape index (κ2) is 8.19. The second-order valence-electron chi connectivity index (χ2n) is 8.10. The molecule has 0 saturated carbocycles. The zero-order valence-corrected chi connectivity index (χ0v) is 18.6. The predicted octanol–water partition coefficient (Wildman–Crippen LogP) is 5.39. The molecule has 5 nitrogen and oxygen atoms in total. The van der Waals surface area contributed by atoms with Crippen LogP contribution in [0, 0.1) is 13.8 Å². The molecule has 1 saturated heterocycles. The number of hydrogen-bond donors (Lipinski definition) is 0. The Labute approximate surface area is 185 Å². The van der Waals surface area contributed by atoms with Crippen LogP contribution in [-0.4, -0.2) is 39.6 Å². The molecule has 0 bridgehead atoms. The van der Waals surface area contributed by atoms with Gasteiger partial charge in [-0.1, -0.05) is 23.5 Å². The lowest BCUT2D eigenvalue weighted by molar-refractivity contribution is 0.0595. The quantitative estimate of drug-likeness (QED) is 0.435. The molecule has 6 heteroatoms. The number of rotatable bonds is 4. The molecule has 0 atom stereocenters. The Bertz CT molecular complexity index is 1160. The molecule has 0 radical (unpaired) electrons. The van der Waals surface area contributed by atoms with E-state index >= 15 is 0 Å². The standard InChI is InChI=1S/C25H25N3O2S/c1-17-5-6-18(2)23-22(17)26-25(31-23)30-21-11-15-28(16-12-21)24(29)19-7-9-20(10-8-19)27-13-3-4-14-27/h3-10,13-14,21H,11-12,15-16H2,1-2H3. The molecule has 0 aliphatic carbocycles.